The Morgan fingerprint density at radius 2 is 1.87 bits per heavy atom. The van der Waals surface area contributed by atoms with Crippen LogP contribution in [0.1, 0.15) is 47.9 Å². The maximum Gasteiger partial charge on any atom is 0.416 e. The van der Waals surface area contributed by atoms with E-state index >= 15 is 0 Å². The van der Waals surface area contributed by atoms with Crippen LogP contribution in [-0.4, -0.2) is 17.4 Å². The van der Waals surface area contributed by atoms with Gasteiger partial charge in [0.1, 0.15) is 5.82 Å². The van der Waals surface area contributed by atoms with Crippen molar-refractivity contribution in [1.82, 2.24) is 10.6 Å². The lowest BCUT2D eigenvalue weighted by molar-refractivity contribution is -0.137. The minimum atomic E-state index is -4.59. The van der Waals surface area contributed by atoms with Gasteiger partial charge in [-0.05, 0) is 49.9 Å². The van der Waals surface area contributed by atoms with Gasteiger partial charge in [0, 0.05) is 30.5 Å². The molecule has 1 fully saturated rings. The monoisotopic (exact) mass is 436 g/mol. The van der Waals surface area contributed by atoms with Gasteiger partial charge in [-0.25, -0.2) is 4.39 Å². The van der Waals surface area contributed by atoms with Crippen molar-refractivity contribution in [1.29, 1.82) is 0 Å². The second-order valence-corrected chi connectivity index (χ2v) is 8.07. The summed E-state index contributed by atoms with van der Waals surface area (Å²) in [6.45, 7) is 1.64. The third kappa shape index (κ3) is 6.06. The molecule has 0 aliphatic carbocycles. The molecule has 2 aromatic rings. The highest BCUT2D eigenvalue weighted by atomic mass is 19.4. The number of rotatable bonds is 7. The lowest BCUT2D eigenvalue weighted by Gasteiger charge is -2.29. The van der Waals surface area contributed by atoms with E-state index in [0.29, 0.717) is 37.8 Å². The van der Waals surface area contributed by atoms with Crippen molar-refractivity contribution in [2.75, 3.05) is 0 Å². The van der Waals surface area contributed by atoms with Gasteiger partial charge in [0.05, 0.1) is 5.56 Å². The molecule has 8 heteroatoms. The number of amides is 2. The molecule has 0 unspecified atom stereocenters. The smallest absolute Gasteiger partial charge is 0.352 e. The van der Waals surface area contributed by atoms with Crippen molar-refractivity contribution >= 4 is 11.8 Å². The van der Waals surface area contributed by atoms with Gasteiger partial charge < -0.3 is 10.6 Å². The van der Waals surface area contributed by atoms with Crippen LogP contribution in [0.15, 0.2) is 42.5 Å². The fourth-order valence-corrected chi connectivity index (χ4v) is 3.80. The molecule has 1 atom stereocenters. The van der Waals surface area contributed by atoms with E-state index in [-0.39, 0.29) is 24.4 Å². The van der Waals surface area contributed by atoms with Gasteiger partial charge in [0.15, 0.2) is 0 Å². The fourth-order valence-electron chi connectivity index (χ4n) is 3.80. The van der Waals surface area contributed by atoms with E-state index in [1.54, 1.807) is 0 Å². The first-order valence-electron chi connectivity index (χ1n) is 10.1. The molecule has 1 saturated heterocycles. The number of carbonyl (C=O) groups is 2. The zero-order valence-electron chi connectivity index (χ0n) is 17.1. The molecule has 166 valence electrons. The van der Waals surface area contributed by atoms with Crippen LogP contribution in [0.4, 0.5) is 17.6 Å². The van der Waals surface area contributed by atoms with Gasteiger partial charge >= 0.3 is 6.18 Å². The normalized spacial score (nSPS) is 18.7. The SMILES string of the molecule is Cc1ccc(C[C@@]2(CCC(=O)NCc3cc(C(F)(F)F)ccc3F)CCC(=O)N2)cc1. The predicted octanol–water partition coefficient (Wildman–Crippen LogP) is 4.44. The van der Waals surface area contributed by atoms with Crippen molar-refractivity contribution in [3.63, 3.8) is 0 Å². The summed E-state index contributed by atoms with van der Waals surface area (Å²) in [6.07, 6.45) is -2.60. The van der Waals surface area contributed by atoms with E-state index in [4.69, 9.17) is 0 Å². The Balaban J connectivity index is 1.60. The van der Waals surface area contributed by atoms with Crippen molar-refractivity contribution in [2.45, 2.75) is 57.3 Å². The molecule has 1 aliphatic heterocycles. The second-order valence-electron chi connectivity index (χ2n) is 8.07. The maximum absolute atomic E-state index is 13.8. The summed E-state index contributed by atoms with van der Waals surface area (Å²) in [6, 6.07) is 10.0. The van der Waals surface area contributed by atoms with Crippen LogP contribution >= 0.6 is 0 Å². The number of hydrogen-bond donors (Lipinski definition) is 2. The van der Waals surface area contributed by atoms with Crippen LogP contribution in [0.5, 0.6) is 0 Å². The van der Waals surface area contributed by atoms with Gasteiger partial charge in [-0.1, -0.05) is 29.8 Å². The average Bonchev–Trinajstić information content (AvgIpc) is 3.07. The van der Waals surface area contributed by atoms with Gasteiger partial charge in [0.2, 0.25) is 11.8 Å². The number of aryl methyl sites for hydroxylation is 1. The summed E-state index contributed by atoms with van der Waals surface area (Å²) in [5.41, 5.74) is 0.412. The minimum absolute atomic E-state index is 0.0622. The van der Waals surface area contributed by atoms with Crippen LogP contribution < -0.4 is 10.6 Å². The summed E-state index contributed by atoms with van der Waals surface area (Å²) in [7, 11) is 0. The molecular weight excluding hydrogens is 412 g/mol. The number of benzene rings is 2. The molecule has 1 aliphatic rings. The third-order valence-electron chi connectivity index (χ3n) is 5.58. The van der Waals surface area contributed by atoms with E-state index in [2.05, 4.69) is 10.6 Å². The Kier molecular flexibility index (Phi) is 6.67. The van der Waals surface area contributed by atoms with E-state index in [1.165, 1.54) is 0 Å². The number of carbonyl (C=O) groups excluding carboxylic acids is 2. The zero-order valence-corrected chi connectivity index (χ0v) is 17.1. The highest BCUT2D eigenvalue weighted by Gasteiger charge is 2.38. The van der Waals surface area contributed by atoms with Gasteiger partial charge in [-0.3, -0.25) is 9.59 Å². The van der Waals surface area contributed by atoms with E-state index < -0.39 is 29.0 Å². The van der Waals surface area contributed by atoms with Crippen molar-refractivity contribution in [3.05, 3.63) is 70.5 Å². The Morgan fingerprint density at radius 1 is 1.16 bits per heavy atom. The number of hydrogen-bond acceptors (Lipinski definition) is 2. The molecule has 0 bridgehead atoms. The van der Waals surface area contributed by atoms with Crippen LogP contribution in [0.3, 0.4) is 0 Å². The molecule has 1 heterocycles. The Bertz CT molecular complexity index is 957. The second kappa shape index (κ2) is 9.08. The highest BCUT2D eigenvalue weighted by Crippen LogP contribution is 2.31. The summed E-state index contributed by atoms with van der Waals surface area (Å²) >= 11 is 0. The zero-order chi connectivity index (χ0) is 22.6. The molecule has 0 spiro atoms. The molecule has 0 saturated carbocycles. The lowest BCUT2D eigenvalue weighted by atomic mass is 9.84. The van der Waals surface area contributed by atoms with Crippen molar-refractivity contribution < 1.29 is 27.2 Å². The van der Waals surface area contributed by atoms with Crippen LogP contribution in [0.2, 0.25) is 0 Å². The summed E-state index contributed by atoms with van der Waals surface area (Å²) in [5.74, 6) is -1.30. The van der Waals surface area contributed by atoms with Crippen molar-refractivity contribution in [2.24, 2.45) is 0 Å². The van der Waals surface area contributed by atoms with Crippen molar-refractivity contribution in [3.8, 4) is 0 Å². The third-order valence-corrected chi connectivity index (χ3v) is 5.58. The number of alkyl halides is 3. The summed E-state index contributed by atoms with van der Waals surface area (Å²) in [5, 5.41) is 5.47. The molecule has 31 heavy (non-hydrogen) atoms. The lowest BCUT2D eigenvalue weighted by Crippen LogP contribution is -2.44. The fraction of sp³-hybridized carbons (Fsp3) is 0.391. The van der Waals surface area contributed by atoms with E-state index in [9.17, 15) is 27.2 Å². The molecule has 0 aromatic heterocycles. The standard InChI is InChI=1S/C23H24F4N2O2/c1-15-2-4-16(5-3-15)13-22(11-9-21(31)29-22)10-8-20(30)28-14-17-12-18(23(25,26)27)6-7-19(17)24/h2-7,12H,8-11,13-14H2,1H3,(H,28,30)(H,29,31)/t22-/m1/s1. The molecule has 4 nitrogen and oxygen atoms in total. The number of halogens is 4. The predicted molar refractivity (Wildman–Crippen MR) is 107 cm³/mol. The first-order chi connectivity index (χ1) is 14.6. The first kappa shape index (κ1) is 22.8. The van der Waals surface area contributed by atoms with Gasteiger partial charge in [0.25, 0.3) is 0 Å². The number of nitrogens with one attached hydrogen (secondary N) is 2. The largest absolute Gasteiger partial charge is 0.416 e. The highest BCUT2D eigenvalue weighted by molar-refractivity contribution is 5.80. The Hall–Kier alpha value is -2.90. The molecule has 2 amide bonds. The van der Waals surface area contributed by atoms with Gasteiger partial charge in [-0.15, -0.1) is 0 Å². The van der Waals surface area contributed by atoms with Crippen LogP contribution in [0.25, 0.3) is 0 Å². The summed E-state index contributed by atoms with van der Waals surface area (Å²) in [4.78, 5) is 24.2. The maximum atomic E-state index is 13.8. The van der Waals surface area contributed by atoms with E-state index in [0.717, 1.165) is 17.2 Å². The summed E-state index contributed by atoms with van der Waals surface area (Å²) < 4.78 is 52.3. The molecule has 3 rings (SSSR count). The molecule has 2 aromatic carbocycles. The Labute approximate surface area is 178 Å². The topological polar surface area (TPSA) is 58.2 Å². The average molecular weight is 436 g/mol. The molecular formula is C23H24F4N2O2. The quantitative estimate of drug-likeness (QED) is 0.631. The minimum Gasteiger partial charge on any atom is -0.352 e. The first-order valence-corrected chi connectivity index (χ1v) is 10.1. The molecule has 0 radical (unpaired) electrons. The van der Waals surface area contributed by atoms with E-state index in [1.807, 2.05) is 31.2 Å². The van der Waals surface area contributed by atoms with Crippen LogP contribution in [-0.2, 0) is 28.7 Å². The Morgan fingerprint density at radius 3 is 2.48 bits per heavy atom. The molecule has 2 N–H and O–H groups in total. The van der Waals surface area contributed by atoms with Crippen LogP contribution in [0, 0.1) is 12.7 Å². The van der Waals surface area contributed by atoms with Gasteiger partial charge in [-0.2, -0.15) is 13.2 Å².